The standard InChI is InChI=1S/C19H24N2O2/c1-13-7-8-16-15(12-13)18-10-11-21(17(22)23-4)19(18,20(16)3)9-5-6-14(18)2/h7-8,12H,2,5-6,9-11H2,1,3-4H3/t18-,19+/m0/s1. The van der Waals surface area contributed by atoms with Crippen molar-refractivity contribution in [3.63, 3.8) is 0 Å². The highest BCUT2D eigenvalue weighted by molar-refractivity contribution is 5.78. The SMILES string of the molecule is C=C1CCC[C@@]23N(C(=O)OC)CC[C@@]12c1cc(C)ccc1N3C. The normalized spacial score (nSPS) is 31.7. The number of carbonyl (C=O) groups excluding carboxylic acids is 1. The molecule has 1 saturated carbocycles. The zero-order valence-electron chi connectivity index (χ0n) is 14.2. The molecule has 0 aromatic heterocycles. The van der Waals surface area contributed by atoms with Crippen molar-refractivity contribution >= 4 is 11.8 Å². The van der Waals surface area contributed by atoms with Crippen LogP contribution >= 0.6 is 0 Å². The average Bonchev–Trinajstić information content (AvgIpc) is 3.00. The van der Waals surface area contributed by atoms with Gasteiger partial charge in [-0.15, -0.1) is 0 Å². The van der Waals surface area contributed by atoms with Crippen LogP contribution in [0.1, 0.15) is 36.8 Å². The van der Waals surface area contributed by atoms with Gasteiger partial charge in [0.25, 0.3) is 0 Å². The third-order valence-corrected chi connectivity index (χ3v) is 6.37. The van der Waals surface area contributed by atoms with Gasteiger partial charge in [0.2, 0.25) is 0 Å². The third-order valence-electron chi connectivity index (χ3n) is 6.37. The number of likely N-dealkylation sites (N-methyl/N-ethyl adjacent to an activating group) is 1. The number of benzene rings is 1. The quantitative estimate of drug-likeness (QED) is 0.686. The fraction of sp³-hybridized carbons (Fsp3) is 0.526. The highest BCUT2D eigenvalue weighted by Crippen LogP contribution is 2.65. The van der Waals surface area contributed by atoms with E-state index in [2.05, 4.69) is 43.6 Å². The topological polar surface area (TPSA) is 32.8 Å². The minimum Gasteiger partial charge on any atom is -0.453 e. The van der Waals surface area contributed by atoms with Gasteiger partial charge in [-0.1, -0.05) is 29.8 Å². The van der Waals surface area contributed by atoms with Crippen molar-refractivity contribution in [2.75, 3.05) is 25.6 Å². The molecule has 2 aliphatic heterocycles. The van der Waals surface area contributed by atoms with Gasteiger partial charge in [0.15, 0.2) is 0 Å². The van der Waals surface area contributed by atoms with Crippen molar-refractivity contribution in [2.24, 2.45) is 0 Å². The zero-order valence-corrected chi connectivity index (χ0v) is 14.2. The number of likely N-dealkylation sites (tertiary alicyclic amines) is 1. The lowest BCUT2D eigenvalue weighted by molar-refractivity contribution is 0.0586. The Labute approximate surface area is 137 Å². The first-order valence-corrected chi connectivity index (χ1v) is 8.38. The second-order valence-corrected chi connectivity index (χ2v) is 7.13. The van der Waals surface area contributed by atoms with E-state index in [1.165, 1.54) is 29.5 Å². The maximum absolute atomic E-state index is 12.5. The van der Waals surface area contributed by atoms with E-state index < -0.39 is 0 Å². The van der Waals surface area contributed by atoms with Gasteiger partial charge in [-0.05, 0) is 44.2 Å². The Morgan fingerprint density at radius 2 is 2.13 bits per heavy atom. The van der Waals surface area contributed by atoms with Crippen LogP contribution < -0.4 is 4.90 Å². The summed E-state index contributed by atoms with van der Waals surface area (Å²) in [5.41, 5.74) is 4.59. The monoisotopic (exact) mass is 312 g/mol. The van der Waals surface area contributed by atoms with Crippen molar-refractivity contribution < 1.29 is 9.53 Å². The summed E-state index contributed by atoms with van der Waals surface area (Å²) in [4.78, 5) is 16.8. The molecular formula is C19H24N2O2. The van der Waals surface area contributed by atoms with E-state index in [1.54, 1.807) is 0 Å². The number of aryl methyl sites for hydroxylation is 1. The molecule has 2 atom stereocenters. The number of carbonyl (C=O) groups is 1. The van der Waals surface area contributed by atoms with E-state index in [-0.39, 0.29) is 17.2 Å². The molecule has 0 spiro atoms. The molecule has 4 nitrogen and oxygen atoms in total. The summed E-state index contributed by atoms with van der Waals surface area (Å²) in [7, 11) is 3.60. The molecule has 23 heavy (non-hydrogen) atoms. The van der Waals surface area contributed by atoms with Crippen LogP contribution in [0.15, 0.2) is 30.4 Å². The summed E-state index contributed by atoms with van der Waals surface area (Å²) >= 11 is 0. The maximum Gasteiger partial charge on any atom is 0.411 e. The minimum atomic E-state index is -0.356. The Hall–Kier alpha value is -1.97. The van der Waals surface area contributed by atoms with Crippen LogP contribution in [-0.2, 0) is 10.2 Å². The molecule has 4 rings (SSSR count). The first kappa shape index (κ1) is 14.6. The van der Waals surface area contributed by atoms with Crippen LogP contribution in [0.5, 0.6) is 0 Å². The van der Waals surface area contributed by atoms with Crippen molar-refractivity contribution in [1.29, 1.82) is 0 Å². The average molecular weight is 312 g/mol. The van der Waals surface area contributed by atoms with E-state index in [1.807, 2.05) is 4.90 Å². The second-order valence-electron chi connectivity index (χ2n) is 7.13. The molecule has 4 heteroatoms. The van der Waals surface area contributed by atoms with Crippen LogP contribution in [0, 0.1) is 6.92 Å². The number of anilines is 1. The zero-order chi connectivity index (χ0) is 16.4. The molecule has 0 bridgehead atoms. The molecule has 2 heterocycles. The van der Waals surface area contributed by atoms with Crippen molar-refractivity contribution in [1.82, 2.24) is 4.90 Å². The van der Waals surface area contributed by atoms with Gasteiger partial charge >= 0.3 is 6.09 Å². The summed E-state index contributed by atoms with van der Waals surface area (Å²) < 4.78 is 5.12. The van der Waals surface area contributed by atoms with Gasteiger partial charge in [-0.25, -0.2) is 4.79 Å². The number of fused-ring (bicyclic) bond motifs is 1. The highest BCUT2D eigenvalue weighted by atomic mass is 16.5. The van der Waals surface area contributed by atoms with Gasteiger partial charge in [0, 0.05) is 19.3 Å². The Bertz CT molecular complexity index is 713. The molecule has 2 fully saturated rings. The smallest absolute Gasteiger partial charge is 0.411 e. The van der Waals surface area contributed by atoms with Crippen LogP contribution in [-0.4, -0.2) is 37.4 Å². The molecule has 0 N–H and O–H groups in total. The number of ether oxygens (including phenoxy) is 1. The first-order chi connectivity index (χ1) is 11.0. The largest absolute Gasteiger partial charge is 0.453 e. The number of nitrogens with zero attached hydrogens (tertiary/aromatic N) is 2. The van der Waals surface area contributed by atoms with E-state index in [0.717, 1.165) is 32.2 Å². The number of rotatable bonds is 0. The molecule has 1 amide bonds. The summed E-state index contributed by atoms with van der Waals surface area (Å²) in [5.74, 6) is 0. The van der Waals surface area contributed by atoms with Crippen LogP contribution in [0.2, 0.25) is 0 Å². The van der Waals surface area contributed by atoms with Gasteiger partial charge in [0.1, 0.15) is 5.66 Å². The predicted molar refractivity (Wildman–Crippen MR) is 90.7 cm³/mol. The number of hydrogen-bond acceptors (Lipinski definition) is 3. The maximum atomic E-state index is 12.5. The lowest BCUT2D eigenvalue weighted by atomic mass is 9.61. The Morgan fingerprint density at radius 1 is 1.35 bits per heavy atom. The van der Waals surface area contributed by atoms with E-state index in [9.17, 15) is 4.79 Å². The van der Waals surface area contributed by atoms with Crippen LogP contribution in [0.4, 0.5) is 10.5 Å². The molecule has 122 valence electrons. The second kappa shape index (κ2) is 4.53. The van der Waals surface area contributed by atoms with E-state index in [0.29, 0.717) is 0 Å². The number of amides is 1. The molecule has 1 aromatic rings. The summed E-state index contributed by atoms with van der Waals surface area (Å²) in [6, 6.07) is 6.65. The number of hydrogen-bond donors (Lipinski definition) is 0. The molecule has 0 unspecified atom stereocenters. The predicted octanol–water partition coefficient (Wildman–Crippen LogP) is 3.59. The van der Waals surface area contributed by atoms with Crippen LogP contribution in [0.25, 0.3) is 0 Å². The number of methoxy groups -OCH3 is 1. The lowest BCUT2D eigenvalue weighted by Crippen LogP contribution is -2.65. The van der Waals surface area contributed by atoms with Gasteiger partial charge in [-0.3, -0.25) is 4.90 Å². The molecule has 1 aromatic carbocycles. The summed E-state index contributed by atoms with van der Waals surface area (Å²) in [6.45, 7) is 7.32. The fourth-order valence-corrected chi connectivity index (χ4v) is 5.48. The molecule has 0 radical (unpaired) electrons. The first-order valence-electron chi connectivity index (χ1n) is 8.38. The molecule has 3 aliphatic rings. The van der Waals surface area contributed by atoms with Gasteiger partial charge < -0.3 is 9.64 Å². The molecule has 1 saturated heterocycles. The Balaban J connectivity index is 2.01. The summed E-state index contributed by atoms with van der Waals surface area (Å²) in [6.07, 6.45) is 3.77. The van der Waals surface area contributed by atoms with Crippen molar-refractivity contribution in [3.05, 3.63) is 41.5 Å². The van der Waals surface area contributed by atoms with E-state index >= 15 is 0 Å². The fourth-order valence-electron chi connectivity index (χ4n) is 5.48. The molecule has 1 aliphatic carbocycles. The third kappa shape index (κ3) is 1.45. The van der Waals surface area contributed by atoms with Gasteiger partial charge in [-0.2, -0.15) is 0 Å². The van der Waals surface area contributed by atoms with E-state index in [4.69, 9.17) is 4.74 Å². The Kier molecular flexibility index (Phi) is 2.88. The Morgan fingerprint density at radius 3 is 2.87 bits per heavy atom. The van der Waals surface area contributed by atoms with Gasteiger partial charge in [0.05, 0.1) is 12.5 Å². The minimum absolute atomic E-state index is 0.157. The lowest BCUT2D eigenvalue weighted by Gasteiger charge is -2.52. The van der Waals surface area contributed by atoms with Crippen molar-refractivity contribution in [3.8, 4) is 0 Å². The highest BCUT2D eigenvalue weighted by Gasteiger charge is 2.70. The van der Waals surface area contributed by atoms with Crippen LogP contribution in [0.3, 0.4) is 0 Å². The molecular weight excluding hydrogens is 288 g/mol. The summed E-state index contributed by atoms with van der Waals surface area (Å²) in [5, 5.41) is 0. The van der Waals surface area contributed by atoms with Crippen molar-refractivity contribution in [2.45, 2.75) is 43.7 Å².